The van der Waals surface area contributed by atoms with Crippen molar-refractivity contribution >= 4 is 11.8 Å². The van der Waals surface area contributed by atoms with Crippen molar-refractivity contribution < 1.29 is 10.2 Å². The maximum Gasteiger partial charge on any atom is 0.0681 e. The zero-order valence-electron chi connectivity index (χ0n) is 10.0. The van der Waals surface area contributed by atoms with Gasteiger partial charge in [0.25, 0.3) is 0 Å². The van der Waals surface area contributed by atoms with E-state index in [4.69, 9.17) is 5.11 Å². The standard InChI is InChI=1S/C14H20O2S/c15-10-11-6-8-12(9-7-11)17-14-5-3-1-2-4-13(14)16/h6-9,13-16H,1-5,10H2. The molecule has 17 heavy (non-hydrogen) atoms. The summed E-state index contributed by atoms with van der Waals surface area (Å²) in [6.45, 7) is 0.0942. The summed E-state index contributed by atoms with van der Waals surface area (Å²) in [5.74, 6) is 0. The topological polar surface area (TPSA) is 40.5 Å². The normalized spacial score (nSPS) is 25.5. The van der Waals surface area contributed by atoms with Crippen LogP contribution in [0.25, 0.3) is 0 Å². The fraction of sp³-hybridized carbons (Fsp3) is 0.571. The fourth-order valence-corrected chi connectivity index (χ4v) is 3.46. The minimum Gasteiger partial charge on any atom is -0.392 e. The third-order valence-electron chi connectivity index (χ3n) is 3.31. The SMILES string of the molecule is OCc1ccc(SC2CCCCCC2O)cc1. The molecule has 1 aromatic carbocycles. The molecule has 0 radical (unpaired) electrons. The van der Waals surface area contributed by atoms with Crippen LogP contribution in [0.5, 0.6) is 0 Å². The summed E-state index contributed by atoms with van der Waals surface area (Å²) in [4.78, 5) is 1.19. The van der Waals surface area contributed by atoms with Crippen LogP contribution >= 0.6 is 11.8 Å². The Hall–Kier alpha value is -0.510. The Labute approximate surface area is 107 Å². The predicted molar refractivity (Wildman–Crippen MR) is 71.1 cm³/mol. The second-order valence-electron chi connectivity index (χ2n) is 4.66. The van der Waals surface area contributed by atoms with Gasteiger partial charge in [-0.05, 0) is 30.5 Å². The van der Waals surface area contributed by atoms with E-state index in [9.17, 15) is 5.11 Å². The van der Waals surface area contributed by atoms with E-state index in [-0.39, 0.29) is 12.7 Å². The Kier molecular flexibility index (Phi) is 4.89. The Morgan fingerprint density at radius 2 is 1.76 bits per heavy atom. The van der Waals surface area contributed by atoms with E-state index < -0.39 is 0 Å². The number of hydrogen-bond donors (Lipinski definition) is 2. The molecule has 94 valence electrons. The number of aliphatic hydroxyl groups is 2. The Bertz CT molecular complexity index is 337. The van der Waals surface area contributed by atoms with Crippen molar-refractivity contribution in [2.75, 3.05) is 0 Å². The second-order valence-corrected chi connectivity index (χ2v) is 5.98. The van der Waals surface area contributed by atoms with Gasteiger partial charge in [-0.25, -0.2) is 0 Å². The van der Waals surface area contributed by atoms with E-state index in [0.717, 1.165) is 24.8 Å². The molecule has 3 heteroatoms. The molecule has 2 N–H and O–H groups in total. The highest BCUT2D eigenvalue weighted by Crippen LogP contribution is 2.33. The minimum absolute atomic E-state index is 0.0942. The minimum atomic E-state index is -0.167. The lowest BCUT2D eigenvalue weighted by Gasteiger charge is -2.19. The van der Waals surface area contributed by atoms with Gasteiger partial charge in [-0.15, -0.1) is 11.8 Å². The van der Waals surface area contributed by atoms with Crippen molar-refractivity contribution in [2.24, 2.45) is 0 Å². The molecular formula is C14H20O2S. The first-order valence-electron chi connectivity index (χ1n) is 6.34. The zero-order valence-corrected chi connectivity index (χ0v) is 10.8. The number of hydrogen-bond acceptors (Lipinski definition) is 3. The molecular weight excluding hydrogens is 232 g/mol. The summed E-state index contributed by atoms with van der Waals surface area (Å²) in [5.41, 5.74) is 0.941. The van der Waals surface area contributed by atoms with Gasteiger partial charge in [-0.3, -0.25) is 0 Å². The molecule has 2 unspecified atom stereocenters. The van der Waals surface area contributed by atoms with Crippen molar-refractivity contribution in [2.45, 2.75) is 55.0 Å². The molecule has 0 amide bonds. The number of aliphatic hydroxyl groups excluding tert-OH is 2. The molecule has 0 aliphatic heterocycles. The maximum absolute atomic E-state index is 10.1. The van der Waals surface area contributed by atoms with Crippen molar-refractivity contribution in [3.8, 4) is 0 Å². The molecule has 0 bridgehead atoms. The van der Waals surface area contributed by atoms with Crippen molar-refractivity contribution in [3.05, 3.63) is 29.8 Å². The first-order valence-corrected chi connectivity index (χ1v) is 7.22. The zero-order chi connectivity index (χ0) is 12.1. The van der Waals surface area contributed by atoms with Crippen LogP contribution in [0.15, 0.2) is 29.2 Å². The van der Waals surface area contributed by atoms with E-state index in [1.54, 1.807) is 11.8 Å². The lowest BCUT2D eigenvalue weighted by Crippen LogP contribution is -2.21. The van der Waals surface area contributed by atoms with Crippen LogP contribution in [0.2, 0.25) is 0 Å². The predicted octanol–water partition coefficient (Wildman–Crippen LogP) is 2.96. The van der Waals surface area contributed by atoms with Crippen molar-refractivity contribution in [1.29, 1.82) is 0 Å². The maximum atomic E-state index is 10.1. The highest BCUT2D eigenvalue weighted by molar-refractivity contribution is 8.00. The van der Waals surface area contributed by atoms with Crippen LogP contribution in [-0.2, 0) is 6.61 Å². The number of benzene rings is 1. The summed E-state index contributed by atoms with van der Waals surface area (Å²) in [5, 5.41) is 19.4. The molecule has 2 atom stereocenters. The van der Waals surface area contributed by atoms with E-state index >= 15 is 0 Å². The summed E-state index contributed by atoms with van der Waals surface area (Å²) in [6, 6.07) is 7.97. The lowest BCUT2D eigenvalue weighted by molar-refractivity contribution is 0.163. The smallest absolute Gasteiger partial charge is 0.0681 e. The summed E-state index contributed by atoms with van der Waals surface area (Å²) in [6.07, 6.45) is 5.50. The van der Waals surface area contributed by atoms with Gasteiger partial charge >= 0.3 is 0 Å². The molecule has 2 rings (SSSR count). The van der Waals surface area contributed by atoms with Crippen molar-refractivity contribution in [3.63, 3.8) is 0 Å². The Morgan fingerprint density at radius 1 is 1.06 bits per heavy atom. The average Bonchev–Trinajstić information content (AvgIpc) is 2.56. The average molecular weight is 252 g/mol. The van der Waals surface area contributed by atoms with Gasteiger partial charge in [0.05, 0.1) is 12.7 Å². The van der Waals surface area contributed by atoms with Gasteiger partial charge in [0, 0.05) is 10.1 Å². The molecule has 1 aromatic rings. The number of rotatable bonds is 3. The van der Waals surface area contributed by atoms with E-state index in [0.29, 0.717) is 5.25 Å². The van der Waals surface area contributed by atoms with E-state index in [1.165, 1.54) is 17.7 Å². The molecule has 0 heterocycles. The molecule has 2 nitrogen and oxygen atoms in total. The molecule has 0 spiro atoms. The van der Waals surface area contributed by atoms with Gasteiger partial charge < -0.3 is 10.2 Å². The van der Waals surface area contributed by atoms with E-state index in [2.05, 4.69) is 0 Å². The monoisotopic (exact) mass is 252 g/mol. The molecule has 1 aliphatic rings. The van der Waals surface area contributed by atoms with Crippen LogP contribution in [0.3, 0.4) is 0 Å². The van der Waals surface area contributed by atoms with Gasteiger partial charge in [0.15, 0.2) is 0 Å². The molecule has 0 aromatic heterocycles. The van der Waals surface area contributed by atoms with Crippen LogP contribution in [-0.4, -0.2) is 21.6 Å². The molecule has 1 fully saturated rings. The Balaban J connectivity index is 1.98. The van der Waals surface area contributed by atoms with Gasteiger partial charge in [0.2, 0.25) is 0 Å². The lowest BCUT2D eigenvalue weighted by atomic mass is 10.1. The molecule has 1 aliphatic carbocycles. The van der Waals surface area contributed by atoms with Crippen LogP contribution in [0.1, 0.15) is 37.7 Å². The highest BCUT2D eigenvalue weighted by Gasteiger charge is 2.22. The third kappa shape index (κ3) is 3.73. The summed E-state index contributed by atoms with van der Waals surface area (Å²) >= 11 is 1.77. The first kappa shape index (κ1) is 12.9. The summed E-state index contributed by atoms with van der Waals surface area (Å²) in [7, 11) is 0. The Morgan fingerprint density at radius 3 is 2.47 bits per heavy atom. The first-order chi connectivity index (χ1) is 8.29. The van der Waals surface area contributed by atoms with Crippen molar-refractivity contribution in [1.82, 2.24) is 0 Å². The second kappa shape index (κ2) is 6.43. The number of thioether (sulfide) groups is 1. The quantitative estimate of drug-likeness (QED) is 0.813. The van der Waals surface area contributed by atoms with Gasteiger partial charge in [0.1, 0.15) is 0 Å². The van der Waals surface area contributed by atoms with Gasteiger partial charge in [-0.2, -0.15) is 0 Å². The van der Waals surface area contributed by atoms with Crippen LogP contribution in [0.4, 0.5) is 0 Å². The highest BCUT2D eigenvalue weighted by atomic mass is 32.2. The van der Waals surface area contributed by atoms with E-state index in [1.807, 2.05) is 24.3 Å². The van der Waals surface area contributed by atoms with Crippen LogP contribution < -0.4 is 0 Å². The fourth-order valence-electron chi connectivity index (χ4n) is 2.24. The molecule has 0 saturated heterocycles. The summed E-state index contributed by atoms with van der Waals surface area (Å²) < 4.78 is 0. The third-order valence-corrected chi connectivity index (χ3v) is 4.71. The molecule has 1 saturated carbocycles. The largest absolute Gasteiger partial charge is 0.392 e. The van der Waals surface area contributed by atoms with Crippen LogP contribution in [0, 0.1) is 0 Å². The van der Waals surface area contributed by atoms with Gasteiger partial charge in [-0.1, -0.05) is 31.4 Å².